The minimum absolute atomic E-state index is 0.243. The van der Waals surface area contributed by atoms with Gasteiger partial charge in [-0.25, -0.2) is 8.42 Å². The van der Waals surface area contributed by atoms with Crippen LogP contribution in [0.5, 0.6) is 0 Å². The van der Waals surface area contributed by atoms with E-state index in [9.17, 15) is 8.42 Å². The van der Waals surface area contributed by atoms with Crippen molar-refractivity contribution >= 4 is 27.2 Å². The van der Waals surface area contributed by atoms with Gasteiger partial charge in [-0.3, -0.25) is 0 Å². The molecule has 17 heavy (non-hydrogen) atoms. The van der Waals surface area contributed by atoms with Crippen molar-refractivity contribution in [1.29, 1.82) is 0 Å². The Hall–Kier alpha value is -0.200. The molecule has 0 bridgehead atoms. The third-order valence-corrected chi connectivity index (χ3v) is 6.52. The Morgan fingerprint density at radius 2 is 2.00 bits per heavy atom. The van der Waals surface area contributed by atoms with Gasteiger partial charge in [0.2, 0.25) is 10.0 Å². The lowest BCUT2D eigenvalue weighted by atomic mass is 9.77. The number of nitrogens with two attached hydrogens (primary N) is 1. The normalized spacial score (nSPS) is 38.1. The second kappa shape index (κ2) is 4.48. The quantitative estimate of drug-likeness (QED) is 0.771. The molecule has 2 N–H and O–H groups in total. The average molecular weight is 276 g/mol. The van der Waals surface area contributed by atoms with Crippen LogP contribution in [-0.4, -0.2) is 35.5 Å². The molecule has 2 fully saturated rings. The Labute approximate surface area is 109 Å². The summed E-state index contributed by atoms with van der Waals surface area (Å²) in [5.74, 6) is 0.884. The largest absolute Gasteiger partial charge is 0.392 e. The molecule has 1 saturated carbocycles. The molecule has 1 heterocycles. The van der Waals surface area contributed by atoms with Crippen LogP contribution < -0.4 is 5.73 Å². The van der Waals surface area contributed by atoms with Gasteiger partial charge in [0, 0.05) is 6.54 Å². The molecule has 6 heteroatoms. The van der Waals surface area contributed by atoms with Gasteiger partial charge in [0.1, 0.15) is 0 Å². The minimum atomic E-state index is -3.14. The van der Waals surface area contributed by atoms with Crippen LogP contribution in [-0.2, 0) is 10.0 Å². The molecular weight excluding hydrogens is 256 g/mol. The third-order valence-electron chi connectivity index (χ3n) is 4.14. The van der Waals surface area contributed by atoms with Crippen molar-refractivity contribution in [1.82, 2.24) is 4.31 Å². The van der Waals surface area contributed by atoms with Crippen LogP contribution in [0.15, 0.2) is 0 Å². The fraction of sp³-hybridized carbons (Fsp3) is 0.909. The predicted octanol–water partition coefficient (Wildman–Crippen LogP) is 1.26. The predicted molar refractivity (Wildman–Crippen MR) is 72.3 cm³/mol. The summed E-state index contributed by atoms with van der Waals surface area (Å²) in [7, 11) is -3.14. The first-order valence-corrected chi connectivity index (χ1v) is 8.21. The SMILES string of the molecule is CC1CCC(C(N)=S)(N2CCCS2(=O)=O)CC1. The fourth-order valence-corrected chi connectivity index (χ4v) is 5.29. The zero-order valence-corrected chi connectivity index (χ0v) is 11.8. The molecule has 1 aliphatic carbocycles. The molecule has 2 rings (SSSR count). The molecule has 0 amide bonds. The van der Waals surface area contributed by atoms with Crippen molar-refractivity contribution in [2.75, 3.05) is 12.3 Å². The van der Waals surface area contributed by atoms with Gasteiger partial charge in [0.05, 0.1) is 16.3 Å². The Balaban J connectivity index is 2.32. The first-order chi connectivity index (χ1) is 7.88. The summed E-state index contributed by atoms with van der Waals surface area (Å²) in [5.41, 5.74) is 5.30. The number of rotatable bonds is 2. The maximum atomic E-state index is 12.1. The molecule has 0 aromatic heterocycles. The fourth-order valence-electron chi connectivity index (χ4n) is 2.98. The molecular formula is C11H20N2O2S2. The maximum Gasteiger partial charge on any atom is 0.215 e. The molecule has 4 nitrogen and oxygen atoms in total. The van der Waals surface area contributed by atoms with Gasteiger partial charge in [-0.05, 0) is 38.0 Å². The lowest BCUT2D eigenvalue weighted by Gasteiger charge is -2.44. The third kappa shape index (κ3) is 2.22. The van der Waals surface area contributed by atoms with E-state index in [4.69, 9.17) is 18.0 Å². The molecule has 0 unspecified atom stereocenters. The standard InChI is InChI=1S/C11H20N2O2S2/c1-9-3-5-11(6-4-9,10(12)16)13-7-2-8-17(13,14)15/h9H,2-8H2,1H3,(H2,12,16). The second-order valence-electron chi connectivity index (χ2n) is 5.32. The van der Waals surface area contributed by atoms with E-state index >= 15 is 0 Å². The van der Waals surface area contributed by atoms with Gasteiger partial charge < -0.3 is 5.73 Å². The summed E-state index contributed by atoms with van der Waals surface area (Å²) in [5, 5.41) is 0. The van der Waals surface area contributed by atoms with E-state index in [1.807, 2.05) is 0 Å². The lowest BCUT2D eigenvalue weighted by molar-refractivity contribution is 0.182. The van der Waals surface area contributed by atoms with Gasteiger partial charge in [0.15, 0.2) is 0 Å². The highest BCUT2D eigenvalue weighted by Crippen LogP contribution is 2.40. The zero-order chi connectivity index (χ0) is 12.7. The highest BCUT2D eigenvalue weighted by Gasteiger charge is 2.49. The van der Waals surface area contributed by atoms with E-state index in [0.29, 0.717) is 23.9 Å². The van der Waals surface area contributed by atoms with Gasteiger partial charge in [0.25, 0.3) is 0 Å². The van der Waals surface area contributed by atoms with Crippen LogP contribution in [0.25, 0.3) is 0 Å². The van der Waals surface area contributed by atoms with Gasteiger partial charge in [-0.15, -0.1) is 0 Å². The Morgan fingerprint density at radius 1 is 1.41 bits per heavy atom. The number of hydrogen-bond acceptors (Lipinski definition) is 3. The topological polar surface area (TPSA) is 63.4 Å². The molecule has 1 aliphatic heterocycles. The Kier molecular flexibility index (Phi) is 3.49. The van der Waals surface area contributed by atoms with Crippen molar-refractivity contribution in [3.05, 3.63) is 0 Å². The van der Waals surface area contributed by atoms with E-state index in [2.05, 4.69) is 6.92 Å². The van der Waals surface area contributed by atoms with E-state index in [1.165, 1.54) is 0 Å². The van der Waals surface area contributed by atoms with Crippen molar-refractivity contribution in [2.45, 2.75) is 44.6 Å². The molecule has 1 saturated heterocycles. The number of thiocarbonyl (C=S) groups is 1. The molecule has 0 atom stereocenters. The zero-order valence-electron chi connectivity index (χ0n) is 10.2. The van der Waals surface area contributed by atoms with Gasteiger partial charge in [-0.1, -0.05) is 19.1 Å². The van der Waals surface area contributed by atoms with E-state index in [0.717, 1.165) is 25.7 Å². The molecule has 0 radical (unpaired) electrons. The molecule has 2 aliphatic rings. The van der Waals surface area contributed by atoms with Crippen LogP contribution in [0.3, 0.4) is 0 Å². The number of nitrogens with zero attached hydrogens (tertiary/aromatic N) is 1. The summed E-state index contributed by atoms with van der Waals surface area (Å²) in [6.07, 6.45) is 4.26. The highest BCUT2D eigenvalue weighted by atomic mass is 32.2. The van der Waals surface area contributed by atoms with Crippen LogP contribution in [0.4, 0.5) is 0 Å². The first-order valence-electron chi connectivity index (χ1n) is 6.19. The van der Waals surface area contributed by atoms with E-state index < -0.39 is 15.6 Å². The van der Waals surface area contributed by atoms with E-state index in [1.54, 1.807) is 4.31 Å². The molecule has 0 aromatic rings. The minimum Gasteiger partial charge on any atom is -0.392 e. The number of hydrogen-bond donors (Lipinski definition) is 1. The Morgan fingerprint density at radius 3 is 2.41 bits per heavy atom. The maximum absolute atomic E-state index is 12.1. The smallest absolute Gasteiger partial charge is 0.215 e. The lowest BCUT2D eigenvalue weighted by Crippen LogP contribution is -2.58. The van der Waals surface area contributed by atoms with Crippen molar-refractivity contribution < 1.29 is 8.42 Å². The number of sulfonamides is 1. The average Bonchev–Trinajstić information content (AvgIpc) is 2.60. The summed E-state index contributed by atoms with van der Waals surface area (Å²) >= 11 is 5.18. The molecule has 0 aromatic carbocycles. The first kappa shape index (κ1) is 13.2. The summed E-state index contributed by atoms with van der Waals surface area (Å²) in [6.45, 7) is 2.77. The summed E-state index contributed by atoms with van der Waals surface area (Å²) < 4.78 is 25.7. The monoisotopic (exact) mass is 276 g/mol. The van der Waals surface area contributed by atoms with Crippen LogP contribution in [0, 0.1) is 5.92 Å². The van der Waals surface area contributed by atoms with Crippen LogP contribution in [0.1, 0.15) is 39.0 Å². The second-order valence-corrected chi connectivity index (χ2v) is 7.77. The van der Waals surface area contributed by atoms with Crippen LogP contribution in [0.2, 0.25) is 0 Å². The van der Waals surface area contributed by atoms with Crippen molar-refractivity contribution in [3.8, 4) is 0 Å². The van der Waals surface area contributed by atoms with E-state index in [-0.39, 0.29) is 5.75 Å². The molecule has 98 valence electrons. The molecule has 0 spiro atoms. The Bertz CT molecular complexity index is 411. The summed E-state index contributed by atoms with van der Waals surface area (Å²) in [6, 6.07) is 0. The van der Waals surface area contributed by atoms with Crippen LogP contribution >= 0.6 is 12.2 Å². The van der Waals surface area contributed by atoms with Gasteiger partial charge in [-0.2, -0.15) is 4.31 Å². The highest BCUT2D eigenvalue weighted by molar-refractivity contribution is 7.89. The van der Waals surface area contributed by atoms with Gasteiger partial charge >= 0.3 is 0 Å². The van der Waals surface area contributed by atoms with Crippen molar-refractivity contribution in [2.24, 2.45) is 11.7 Å². The summed E-state index contributed by atoms with van der Waals surface area (Å²) in [4.78, 5) is 0.356. The van der Waals surface area contributed by atoms with Crippen molar-refractivity contribution in [3.63, 3.8) is 0 Å².